The van der Waals surface area contributed by atoms with Crippen LogP contribution in [0.3, 0.4) is 0 Å². The third kappa shape index (κ3) is 4.32. The molecular formula is C24H28FN3O3. The Labute approximate surface area is 182 Å². The zero-order chi connectivity index (χ0) is 21.2. The summed E-state index contributed by atoms with van der Waals surface area (Å²) in [5, 5.41) is 0. The quantitative estimate of drug-likeness (QED) is 0.757. The van der Waals surface area contributed by atoms with Crippen LogP contribution in [-0.4, -0.2) is 74.2 Å². The number of benzene rings is 2. The highest BCUT2D eigenvalue weighted by Crippen LogP contribution is 2.31. The van der Waals surface area contributed by atoms with E-state index in [1.54, 1.807) is 0 Å². The van der Waals surface area contributed by atoms with Gasteiger partial charge in [0.25, 0.3) is 5.91 Å². The second-order valence-electron chi connectivity index (χ2n) is 8.41. The lowest BCUT2D eigenvalue weighted by Crippen LogP contribution is -2.55. The van der Waals surface area contributed by atoms with Crippen molar-refractivity contribution in [1.29, 1.82) is 0 Å². The second-order valence-corrected chi connectivity index (χ2v) is 8.41. The van der Waals surface area contributed by atoms with E-state index in [0.29, 0.717) is 36.3 Å². The van der Waals surface area contributed by atoms with Gasteiger partial charge in [-0.1, -0.05) is 0 Å². The standard InChI is InChI=1S/C24H28FN3O3/c25-19-4-6-20(7-5-19)26-10-12-27(13-11-26)21-2-1-9-28(17-21)24(29)18-3-8-22-23(16-18)31-15-14-30-22/h3-8,16,21H,1-2,9-15,17H2/t21-/m0/s1. The Kier molecular flexibility index (Phi) is 5.68. The summed E-state index contributed by atoms with van der Waals surface area (Å²) in [5.41, 5.74) is 1.73. The number of rotatable bonds is 3. The summed E-state index contributed by atoms with van der Waals surface area (Å²) in [4.78, 5) is 19.9. The van der Waals surface area contributed by atoms with Gasteiger partial charge in [-0.3, -0.25) is 9.69 Å². The van der Waals surface area contributed by atoms with E-state index in [1.807, 2.05) is 35.2 Å². The minimum absolute atomic E-state index is 0.0617. The Morgan fingerprint density at radius 1 is 0.903 bits per heavy atom. The molecule has 2 aromatic carbocycles. The predicted molar refractivity (Wildman–Crippen MR) is 117 cm³/mol. The number of piperidine rings is 1. The monoisotopic (exact) mass is 425 g/mol. The van der Waals surface area contributed by atoms with Crippen molar-refractivity contribution in [3.05, 3.63) is 53.8 Å². The molecule has 0 aliphatic carbocycles. The predicted octanol–water partition coefficient (Wildman–Crippen LogP) is 3.02. The molecule has 6 nitrogen and oxygen atoms in total. The molecule has 164 valence electrons. The Balaban J connectivity index is 1.20. The topological polar surface area (TPSA) is 45.3 Å². The summed E-state index contributed by atoms with van der Waals surface area (Å²) in [6.45, 7) is 6.34. The average molecular weight is 426 g/mol. The number of carbonyl (C=O) groups is 1. The first-order chi connectivity index (χ1) is 15.2. The Bertz CT molecular complexity index is 928. The van der Waals surface area contributed by atoms with Crippen LogP contribution in [0.5, 0.6) is 11.5 Å². The highest BCUT2D eigenvalue weighted by molar-refractivity contribution is 5.95. The molecule has 3 aliphatic rings. The van der Waals surface area contributed by atoms with Crippen molar-refractivity contribution in [2.75, 3.05) is 57.4 Å². The molecule has 0 spiro atoms. The molecule has 5 rings (SSSR count). The number of amides is 1. The van der Waals surface area contributed by atoms with Crippen LogP contribution in [0.4, 0.5) is 10.1 Å². The SMILES string of the molecule is O=C(c1ccc2c(c1)OCCO2)N1CCC[C@H](N2CCN(c3ccc(F)cc3)CC2)C1. The molecule has 31 heavy (non-hydrogen) atoms. The fourth-order valence-corrected chi connectivity index (χ4v) is 4.79. The van der Waals surface area contributed by atoms with Crippen LogP contribution in [0.2, 0.25) is 0 Å². The fourth-order valence-electron chi connectivity index (χ4n) is 4.79. The first kappa shape index (κ1) is 20.1. The van der Waals surface area contributed by atoms with Crippen molar-refractivity contribution in [2.45, 2.75) is 18.9 Å². The number of anilines is 1. The number of piperazine rings is 1. The molecule has 3 aliphatic heterocycles. The van der Waals surface area contributed by atoms with E-state index >= 15 is 0 Å². The highest BCUT2D eigenvalue weighted by Gasteiger charge is 2.31. The molecule has 1 amide bonds. The van der Waals surface area contributed by atoms with Crippen LogP contribution in [0.15, 0.2) is 42.5 Å². The maximum Gasteiger partial charge on any atom is 0.254 e. The molecule has 0 radical (unpaired) electrons. The second kappa shape index (κ2) is 8.75. The van der Waals surface area contributed by atoms with E-state index < -0.39 is 0 Å². The van der Waals surface area contributed by atoms with Gasteiger partial charge in [0.05, 0.1) is 0 Å². The number of hydrogen-bond acceptors (Lipinski definition) is 5. The van der Waals surface area contributed by atoms with Crippen molar-refractivity contribution in [3.8, 4) is 11.5 Å². The molecule has 2 saturated heterocycles. The number of nitrogens with zero attached hydrogens (tertiary/aromatic N) is 3. The van der Waals surface area contributed by atoms with E-state index in [1.165, 1.54) is 12.1 Å². The number of carbonyl (C=O) groups excluding carboxylic acids is 1. The number of halogens is 1. The van der Waals surface area contributed by atoms with Gasteiger partial charge >= 0.3 is 0 Å². The molecule has 7 heteroatoms. The third-order valence-corrected chi connectivity index (χ3v) is 6.50. The van der Waals surface area contributed by atoms with Crippen molar-refractivity contribution >= 4 is 11.6 Å². The summed E-state index contributed by atoms with van der Waals surface area (Å²) < 4.78 is 24.4. The minimum Gasteiger partial charge on any atom is -0.486 e. The number of hydrogen-bond donors (Lipinski definition) is 0. The molecule has 0 saturated carbocycles. The van der Waals surface area contributed by atoms with E-state index in [2.05, 4.69) is 9.80 Å². The first-order valence-electron chi connectivity index (χ1n) is 11.1. The smallest absolute Gasteiger partial charge is 0.254 e. The molecule has 2 fully saturated rings. The fraction of sp³-hybridized carbons (Fsp3) is 0.458. The number of fused-ring (bicyclic) bond motifs is 1. The summed E-state index contributed by atoms with van der Waals surface area (Å²) in [6.07, 6.45) is 2.13. The van der Waals surface area contributed by atoms with Crippen LogP contribution in [0.25, 0.3) is 0 Å². The summed E-state index contributed by atoms with van der Waals surface area (Å²) in [7, 11) is 0. The zero-order valence-corrected chi connectivity index (χ0v) is 17.6. The zero-order valence-electron chi connectivity index (χ0n) is 17.6. The molecular weight excluding hydrogens is 397 g/mol. The van der Waals surface area contributed by atoms with Gasteiger partial charge in [0.1, 0.15) is 19.0 Å². The van der Waals surface area contributed by atoms with Crippen LogP contribution in [0.1, 0.15) is 23.2 Å². The highest BCUT2D eigenvalue weighted by atomic mass is 19.1. The number of ether oxygens (including phenoxy) is 2. The number of likely N-dealkylation sites (tertiary alicyclic amines) is 1. The minimum atomic E-state index is -0.202. The van der Waals surface area contributed by atoms with Gasteiger partial charge in [-0.2, -0.15) is 0 Å². The van der Waals surface area contributed by atoms with Gasteiger partial charge in [0.2, 0.25) is 0 Å². The molecule has 0 bridgehead atoms. The lowest BCUT2D eigenvalue weighted by Gasteiger charge is -2.44. The maximum absolute atomic E-state index is 13.2. The first-order valence-corrected chi connectivity index (χ1v) is 11.1. The summed E-state index contributed by atoms with van der Waals surface area (Å²) in [5.74, 6) is 1.22. The van der Waals surface area contributed by atoms with Crippen LogP contribution in [0, 0.1) is 5.82 Å². The van der Waals surface area contributed by atoms with E-state index in [0.717, 1.165) is 57.8 Å². The molecule has 0 aromatic heterocycles. The van der Waals surface area contributed by atoms with Crippen molar-refractivity contribution in [3.63, 3.8) is 0 Å². The van der Waals surface area contributed by atoms with Gasteiger partial charge in [0, 0.05) is 56.6 Å². The van der Waals surface area contributed by atoms with Gasteiger partial charge in [-0.05, 0) is 55.3 Å². The van der Waals surface area contributed by atoms with Crippen LogP contribution in [-0.2, 0) is 0 Å². The molecule has 1 atom stereocenters. The molecule has 3 heterocycles. The maximum atomic E-state index is 13.2. The van der Waals surface area contributed by atoms with E-state index in [4.69, 9.17) is 9.47 Å². The lowest BCUT2D eigenvalue weighted by molar-refractivity contribution is 0.0562. The summed E-state index contributed by atoms with van der Waals surface area (Å²) >= 11 is 0. The molecule has 0 unspecified atom stereocenters. The van der Waals surface area contributed by atoms with E-state index in [9.17, 15) is 9.18 Å². The van der Waals surface area contributed by atoms with Crippen LogP contribution >= 0.6 is 0 Å². The Morgan fingerprint density at radius 2 is 1.65 bits per heavy atom. The molecule has 0 N–H and O–H groups in total. The van der Waals surface area contributed by atoms with Crippen molar-refractivity contribution < 1.29 is 18.7 Å². The van der Waals surface area contributed by atoms with Crippen LogP contribution < -0.4 is 14.4 Å². The van der Waals surface area contributed by atoms with Crippen molar-refractivity contribution in [1.82, 2.24) is 9.80 Å². The van der Waals surface area contributed by atoms with Crippen molar-refractivity contribution in [2.24, 2.45) is 0 Å². The third-order valence-electron chi connectivity index (χ3n) is 6.50. The van der Waals surface area contributed by atoms with Gasteiger partial charge in [0.15, 0.2) is 11.5 Å². The molecule has 2 aromatic rings. The average Bonchev–Trinajstić information content (AvgIpc) is 2.84. The Hall–Kier alpha value is -2.80. The normalized spacial score (nSPS) is 21.8. The largest absolute Gasteiger partial charge is 0.486 e. The van der Waals surface area contributed by atoms with Gasteiger partial charge in [-0.15, -0.1) is 0 Å². The van der Waals surface area contributed by atoms with Gasteiger partial charge in [-0.25, -0.2) is 4.39 Å². The summed E-state index contributed by atoms with van der Waals surface area (Å²) in [6, 6.07) is 12.6. The Morgan fingerprint density at radius 3 is 2.42 bits per heavy atom. The lowest BCUT2D eigenvalue weighted by atomic mass is 10.0. The van der Waals surface area contributed by atoms with Gasteiger partial charge < -0.3 is 19.3 Å². The van der Waals surface area contributed by atoms with E-state index in [-0.39, 0.29) is 11.7 Å².